The summed E-state index contributed by atoms with van der Waals surface area (Å²) in [5.74, 6) is -0.665. The topological polar surface area (TPSA) is 88.5 Å². The first-order chi connectivity index (χ1) is 15.3. The normalized spacial score (nSPS) is 12.6. The van der Waals surface area contributed by atoms with Crippen molar-refractivity contribution in [3.63, 3.8) is 0 Å². The molecule has 0 unspecified atom stereocenters. The number of carboxylic acids is 1. The van der Waals surface area contributed by atoms with Gasteiger partial charge in [0, 0.05) is 22.3 Å². The highest BCUT2D eigenvalue weighted by Crippen LogP contribution is 2.43. The summed E-state index contributed by atoms with van der Waals surface area (Å²) in [6, 6.07) is 8.86. The average Bonchev–Trinajstić information content (AvgIpc) is 3.18. The number of aromatic nitrogens is 1. The highest BCUT2D eigenvalue weighted by atomic mass is 35.5. The van der Waals surface area contributed by atoms with E-state index in [2.05, 4.69) is 17.2 Å². The van der Waals surface area contributed by atoms with Gasteiger partial charge in [0.25, 0.3) is 5.91 Å². The second-order valence-electron chi connectivity index (χ2n) is 7.17. The van der Waals surface area contributed by atoms with E-state index in [1.165, 1.54) is 36.5 Å². The van der Waals surface area contributed by atoms with E-state index in [-0.39, 0.29) is 21.2 Å². The number of para-hydroxylation sites is 1. The van der Waals surface area contributed by atoms with Crippen molar-refractivity contribution in [3.05, 3.63) is 67.5 Å². The summed E-state index contributed by atoms with van der Waals surface area (Å²) in [5, 5.41) is 12.6. The van der Waals surface area contributed by atoms with Gasteiger partial charge < -0.3 is 9.84 Å². The highest BCUT2D eigenvalue weighted by Gasteiger charge is 2.24. The first-order valence-electron chi connectivity index (χ1n) is 9.75. The molecule has 0 spiro atoms. The van der Waals surface area contributed by atoms with Gasteiger partial charge in [0.1, 0.15) is 12.4 Å². The van der Waals surface area contributed by atoms with Crippen LogP contribution in [-0.4, -0.2) is 22.0 Å². The Morgan fingerprint density at radius 1 is 1.28 bits per heavy atom. The first-order valence-corrected chi connectivity index (χ1v) is 11.3. The largest absolute Gasteiger partial charge is 0.487 e. The zero-order chi connectivity index (χ0) is 23.0. The van der Waals surface area contributed by atoms with Gasteiger partial charge >= 0.3 is 5.97 Å². The van der Waals surface area contributed by atoms with Crippen LogP contribution < -0.4 is 10.1 Å². The zero-order valence-corrected chi connectivity index (χ0v) is 19.5. The fraction of sp³-hybridized carbons (Fsp3) is 0.174. The lowest BCUT2D eigenvalue weighted by Gasteiger charge is -2.19. The molecular formula is C23H18Cl2N2O4S. The van der Waals surface area contributed by atoms with Crippen LogP contribution >= 0.6 is 34.5 Å². The van der Waals surface area contributed by atoms with Crippen molar-refractivity contribution in [2.45, 2.75) is 26.9 Å². The third-order valence-corrected chi connectivity index (χ3v) is 6.61. The van der Waals surface area contributed by atoms with Gasteiger partial charge in [-0.3, -0.25) is 10.1 Å². The fourth-order valence-corrected chi connectivity index (χ4v) is 4.85. The molecule has 3 aromatic rings. The van der Waals surface area contributed by atoms with Crippen molar-refractivity contribution in [2.24, 2.45) is 0 Å². The lowest BCUT2D eigenvalue weighted by Crippen LogP contribution is -2.12. The van der Waals surface area contributed by atoms with E-state index < -0.39 is 11.9 Å². The van der Waals surface area contributed by atoms with Gasteiger partial charge in [-0.25, -0.2) is 9.78 Å². The van der Waals surface area contributed by atoms with Crippen molar-refractivity contribution >= 4 is 57.6 Å². The Kier molecular flexibility index (Phi) is 6.24. The number of nitrogens with zero attached hydrogens (tertiary/aromatic N) is 1. The van der Waals surface area contributed by atoms with Gasteiger partial charge in [-0.1, -0.05) is 53.6 Å². The maximum absolute atomic E-state index is 12.8. The molecule has 2 N–H and O–H groups in total. The summed E-state index contributed by atoms with van der Waals surface area (Å²) in [7, 11) is 0. The summed E-state index contributed by atoms with van der Waals surface area (Å²) < 4.78 is 5.94. The Bertz CT molecular complexity index is 1260. The molecule has 0 aliphatic carbocycles. The van der Waals surface area contributed by atoms with Crippen molar-refractivity contribution in [1.29, 1.82) is 0 Å². The molecule has 1 aliphatic rings. The number of carbonyl (C=O) groups excluding carboxylic acids is 1. The number of hydrogen-bond donors (Lipinski definition) is 2. The Morgan fingerprint density at radius 2 is 2.00 bits per heavy atom. The number of carboxylic acid groups (broad SMARTS) is 1. The summed E-state index contributed by atoms with van der Waals surface area (Å²) in [6.45, 7) is 3.90. The number of hydrogen-bond acceptors (Lipinski definition) is 5. The predicted octanol–water partition coefficient (Wildman–Crippen LogP) is 6.31. The van der Waals surface area contributed by atoms with Gasteiger partial charge in [-0.2, -0.15) is 0 Å². The van der Waals surface area contributed by atoms with Gasteiger partial charge in [0.2, 0.25) is 0 Å². The smallest absolute Gasteiger partial charge is 0.331 e. The monoisotopic (exact) mass is 488 g/mol. The maximum Gasteiger partial charge on any atom is 0.331 e. The van der Waals surface area contributed by atoms with Crippen LogP contribution in [0.3, 0.4) is 0 Å². The Balaban J connectivity index is 1.60. The Hall–Kier alpha value is -2.87. The van der Waals surface area contributed by atoms with Gasteiger partial charge in [0.15, 0.2) is 5.13 Å². The van der Waals surface area contributed by atoms with Crippen LogP contribution in [0.5, 0.6) is 5.75 Å². The summed E-state index contributed by atoms with van der Waals surface area (Å²) in [4.78, 5) is 29.4. The SMILES string of the molecule is CCc1cccc2c1OCc1sc(NC(=O)c3cc(Cl)c(/C=C(\C)C(=O)O)c(Cl)c3)nc1-2. The van der Waals surface area contributed by atoms with Gasteiger partial charge in [0.05, 0.1) is 20.6 Å². The van der Waals surface area contributed by atoms with Crippen LogP contribution in [0.15, 0.2) is 35.9 Å². The third kappa shape index (κ3) is 4.24. The molecule has 0 saturated heterocycles. The minimum atomic E-state index is -1.08. The zero-order valence-electron chi connectivity index (χ0n) is 17.2. The number of thiazole rings is 1. The number of rotatable bonds is 5. The number of halogens is 2. The second-order valence-corrected chi connectivity index (χ2v) is 9.07. The Morgan fingerprint density at radius 3 is 2.66 bits per heavy atom. The molecule has 164 valence electrons. The van der Waals surface area contributed by atoms with Crippen LogP contribution in [0.25, 0.3) is 17.3 Å². The van der Waals surface area contributed by atoms with E-state index in [9.17, 15) is 9.59 Å². The number of fused-ring (bicyclic) bond motifs is 3. The van der Waals surface area contributed by atoms with Crippen molar-refractivity contribution in [1.82, 2.24) is 4.98 Å². The molecule has 1 amide bonds. The molecule has 4 rings (SSSR count). The number of nitrogens with one attached hydrogen (secondary N) is 1. The molecule has 0 atom stereocenters. The van der Waals surface area contributed by atoms with E-state index in [4.69, 9.17) is 33.0 Å². The molecule has 0 radical (unpaired) electrons. The predicted molar refractivity (Wildman–Crippen MR) is 127 cm³/mol. The summed E-state index contributed by atoms with van der Waals surface area (Å²) >= 11 is 13.9. The number of aliphatic carboxylic acids is 1. The van der Waals surface area contributed by atoms with Crippen LogP contribution in [0, 0.1) is 0 Å². The summed E-state index contributed by atoms with van der Waals surface area (Å²) in [5.41, 5.74) is 3.50. The Labute approximate surface area is 198 Å². The van der Waals surface area contributed by atoms with Crippen molar-refractivity contribution in [3.8, 4) is 17.0 Å². The van der Waals surface area contributed by atoms with Crippen molar-refractivity contribution < 1.29 is 19.4 Å². The molecule has 9 heteroatoms. The third-order valence-electron chi connectivity index (χ3n) is 5.04. The minimum Gasteiger partial charge on any atom is -0.487 e. The molecule has 1 aliphatic heterocycles. The summed E-state index contributed by atoms with van der Waals surface area (Å²) in [6.07, 6.45) is 2.22. The molecule has 1 aromatic heterocycles. The molecule has 2 aromatic carbocycles. The molecule has 0 saturated carbocycles. The fourth-order valence-electron chi connectivity index (χ4n) is 3.37. The average molecular weight is 489 g/mol. The maximum atomic E-state index is 12.8. The molecular weight excluding hydrogens is 471 g/mol. The number of carbonyl (C=O) groups is 2. The van der Waals surface area contributed by atoms with E-state index >= 15 is 0 Å². The first kappa shape index (κ1) is 22.3. The number of anilines is 1. The standard InChI is InChI=1S/C23H18Cl2N2O4S/c1-3-12-5-4-6-14-19-18(10-31-20(12)14)32-23(26-19)27-21(28)13-8-16(24)15(17(25)9-13)7-11(2)22(29)30/h4-9H,3,10H2,1-2H3,(H,29,30)(H,26,27,28)/b11-7+. The quantitative estimate of drug-likeness (QED) is 0.410. The van der Waals surface area contributed by atoms with E-state index in [1.807, 2.05) is 18.2 Å². The molecule has 2 heterocycles. The second kappa shape index (κ2) is 8.94. The number of ether oxygens (including phenoxy) is 1. The van der Waals surface area contributed by atoms with Crippen LogP contribution in [0.2, 0.25) is 10.0 Å². The number of aryl methyl sites for hydroxylation is 1. The lowest BCUT2D eigenvalue weighted by molar-refractivity contribution is -0.132. The molecule has 0 fully saturated rings. The van der Waals surface area contributed by atoms with Gasteiger partial charge in [-0.05, 0) is 43.2 Å². The lowest BCUT2D eigenvalue weighted by atomic mass is 10.0. The number of benzene rings is 2. The van der Waals surface area contributed by atoms with E-state index in [0.717, 1.165) is 33.9 Å². The van der Waals surface area contributed by atoms with Crippen LogP contribution in [-0.2, 0) is 17.8 Å². The van der Waals surface area contributed by atoms with E-state index in [0.29, 0.717) is 17.3 Å². The van der Waals surface area contributed by atoms with Gasteiger partial charge in [-0.15, -0.1) is 0 Å². The van der Waals surface area contributed by atoms with E-state index in [1.54, 1.807) is 0 Å². The van der Waals surface area contributed by atoms with Crippen LogP contribution in [0.1, 0.15) is 40.2 Å². The minimum absolute atomic E-state index is 0.0769. The number of amides is 1. The molecule has 6 nitrogen and oxygen atoms in total. The van der Waals surface area contributed by atoms with Crippen LogP contribution in [0.4, 0.5) is 5.13 Å². The van der Waals surface area contributed by atoms with Crippen molar-refractivity contribution in [2.75, 3.05) is 5.32 Å². The molecule has 0 bridgehead atoms. The molecule has 32 heavy (non-hydrogen) atoms. The highest BCUT2D eigenvalue weighted by molar-refractivity contribution is 7.16.